The van der Waals surface area contributed by atoms with Crippen molar-refractivity contribution in [1.82, 2.24) is 40.4 Å². The van der Waals surface area contributed by atoms with Crippen LogP contribution in [0.3, 0.4) is 0 Å². The van der Waals surface area contributed by atoms with Gasteiger partial charge in [0.25, 0.3) is 0 Å². The van der Waals surface area contributed by atoms with Gasteiger partial charge in [-0.15, -0.1) is 0 Å². The van der Waals surface area contributed by atoms with Crippen molar-refractivity contribution in [2.24, 2.45) is 23.7 Å². The molecule has 1 aliphatic carbocycles. The van der Waals surface area contributed by atoms with Gasteiger partial charge in [0.05, 0.1) is 24.5 Å². The third-order valence-corrected chi connectivity index (χ3v) is 10.9. The number of nitrogens with one attached hydrogen (secondary N) is 4. The molecule has 12 heteroatoms. The first kappa shape index (κ1) is 39.3. The van der Waals surface area contributed by atoms with Crippen molar-refractivity contribution in [2.45, 2.75) is 111 Å². The summed E-state index contributed by atoms with van der Waals surface area (Å²) < 4.78 is 0. The maximum atomic E-state index is 13.7. The number of carbonyl (C=O) groups excluding carboxylic acids is 4. The Labute approximate surface area is 324 Å². The molecular weight excluding hydrogens is 693 g/mol. The van der Waals surface area contributed by atoms with Crippen molar-refractivity contribution in [3.05, 3.63) is 70.8 Å². The van der Waals surface area contributed by atoms with Crippen molar-refractivity contribution < 1.29 is 19.2 Å². The largest absolute Gasteiger partial charge is 0.344 e. The van der Waals surface area contributed by atoms with E-state index in [-0.39, 0.29) is 59.4 Å². The van der Waals surface area contributed by atoms with Gasteiger partial charge in [0.1, 0.15) is 35.1 Å². The van der Waals surface area contributed by atoms with Crippen LogP contribution in [0.4, 0.5) is 0 Å². The van der Waals surface area contributed by atoms with E-state index in [1.807, 2.05) is 75.6 Å². The molecule has 2 aromatic heterocycles. The van der Waals surface area contributed by atoms with Gasteiger partial charge in [0.15, 0.2) is 0 Å². The van der Waals surface area contributed by atoms with Crippen LogP contribution in [0.15, 0.2) is 36.7 Å². The van der Waals surface area contributed by atoms with Crippen LogP contribution in [-0.4, -0.2) is 78.5 Å². The predicted molar refractivity (Wildman–Crippen MR) is 209 cm³/mol. The lowest BCUT2D eigenvalue weighted by atomic mass is 10.00. The number of carbonyl (C=O) groups is 4. The van der Waals surface area contributed by atoms with E-state index in [2.05, 4.69) is 54.3 Å². The molecule has 4 heterocycles. The molecule has 2 saturated heterocycles. The highest BCUT2D eigenvalue weighted by molar-refractivity contribution is 5.90. The fourth-order valence-electron chi connectivity index (χ4n) is 7.17. The van der Waals surface area contributed by atoms with Gasteiger partial charge in [-0.1, -0.05) is 53.4 Å². The topological polar surface area (TPSA) is 156 Å². The number of aromatic amines is 2. The Balaban J connectivity index is 1.06. The third-order valence-electron chi connectivity index (χ3n) is 10.9. The van der Waals surface area contributed by atoms with Crippen LogP contribution in [0.1, 0.15) is 133 Å². The van der Waals surface area contributed by atoms with E-state index in [4.69, 9.17) is 0 Å². The van der Waals surface area contributed by atoms with Gasteiger partial charge in [-0.2, -0.15) is 0 Å². The molecule has 1 saturated carbocycles. The van der Waals surface area contributed by atoms with E-state index < -0.39 is 12.1 Å². The zero-order chi connectivity index (χ0) is 39.2. The number of likely N-dealkylation sites (tertiary alicyclic amines) is 2. The summed E-state index contributed by atoms with van der Waals surface area (Å²) in [5, 5.41) is 6.00. The Morgan fingerprint density at radius 3 is 1.58 bits per heavy atom. The molecule has 0 radical (unpaired) electrons. The molecule has 0 spiro atoms. The number of imidazole rings is 2. The summed E-state index contributed by atoms with van der Waals surface area (Å²) in [5.41, 5.74) is 2.96. The molecule has 5 unspecified atom stereocenters. The molecule has 1 aromatic carbocycles. The van der Waals surface area contributed by atoms with Crippen molar-refractivity contribution >= 4 is 23.6 Å². The quantitative estimate of drug-likeness (QED) is 0.203. The number of hydrogen-bond donors (Lipinski definition) is 4. The van der Waals surface area contributed by atoms with E-state index in [1.54, 1.807) is 12.4 Å². The molecule has 5 atom stereocenters. The van der Waals surface area contributed by atoms with Crippen LogP contribution in [0.2, 0.25) is 0 Å². The molecule has 55 heavy (non-hydrogen) atoms. The summed E-state index contributed by atoms with van der Waals surface area (Å²) in [4.78, 5) is 71.9. The van der Waals surface area contributed by atoms with Crippen molar-refractivity contribution in [3.63, 3.8) is 0 Å². The highest BCUT2D eigenvalue weighted by atomic mass is 16.2. The van der Waals surface area contributed by atoms with Crippen LogP contribution in [0, 0.1) is 47.4 Å². The zero-order valence-corrected chi connectivity index (χ0v) is 32.9. The Bertz CT molecular complexity index is 1990. The van der Waals surface area contributed by atoms with Gasteiger partial charge in [0.2, 0.25) is 23.6 Å². The lowest BCUT2D eigenvalue weighted by molar-refractivity contribution is -0.139. The van der Waals surface area contributed by atoms with Crippen LogP contribution in [0.25, 0.3) is 0 Å². The van der Waals surface area contributed by atoms with Gasteiger partial charge in [-0.3, -0.25) is 19.2 Å². The number of aromatic nitrogens is 4. The van der Waals surface area contributed by atoms with Gasteiger partial charge in [-0.05, 0) is 92.9 Å². The van der Waals surface area contributed by atoms with Crippen molar-refractivity contribution in [2.75, 3.05) is 13.1 Å². The summed E-state index contributed by atoms with van der Waals surface area (Å²) in [7, 11) is 0. The standard InChI is InChI=1S/C43H54N8O4/c1-7-28(6)40(52)48-36(26(2)3)42(54)50-22-8-10-34(50)38-44-24-32(46-38)20-16-29-12-14-30(15-13-29)17-21-33-25-45-39(47-33)35-11-9-23-51(35)43(55)37(27(4)5)49-41(53)31-18-19-31/h12-15,24-28,31,34-37H,7-11,18-19,22-23H2,1-6H3,(H,44,46)(H,45,47)(H,48,52)(H,49,53). The third kappa shape index (κ3) is 9.48. The molecule has 3 fully saturated rings. The fraction of sp³-hybridized carbons (Fsp3) is 0.535. The van der Waals surface area contributed by atoms with Crippen LogP contribution >= 0.6 is 0 Å². The average molecular weight is 747 g/mol. The van der Waals surface area contributed by atoms with E-state index in [9.17, 15) is 19.2 Å². The second-order valence-corrected chi connectivity index (χ2v) is 15.9. The number of H-pyrrole nitrogens is 2. The molecule has 12 nitrogen and oxygen atoms in total. The van der Waals surface area contributed by atoms with Gasteiger partial charge < -0.3 is 30.4 Å². The smallest absolute Gasteiger partial charge is 0.246 e. The maximum absolute atomic E-state index is 13.7. The van der Waals surface area contributed by atoms with E-state index in [0.717, 1.165) is 49.7 Å². The molecule has 3 aliphatic rings. The van der Waals surface area contributed by atoms with Crippen LogP contribution in [0.5, 0.6) is 0 Å². The second kappa shape index (κ2) is 17.4. The first-order valence-corrected chi connectivity index (χ1v) is 19.9. The van der Waals surface area contributed by atoms with E-state index in [1.165, 1.54) is 0 Å². The average Bonchev–Trinajstić information content (AvgIpc) is 3.60. The number of nitrogens with zero attached hydrogens (tertiary/aromatic N) is 4. The summed E-state index contributed by atoms with van der Waals surface area (Å²) in [6.07, 6.45) is 9.23. The summed E-state index contributed by atoms with van der Waals surface area (Å²) in [6, 6.07) is 6.15. The fourth-order valence-corrected chi connectivity index (χ4v) is 7.17. The minimum atomic E-state index is -0.586. The van der Waals surface area contributed by atoms with Crippen molar-refractivity contribution in [3.8, 4) is 23.7 Å². The van der Waals surface area contributed by atoms with Gasteiger partial charge >= 0.3 is 0 Å². The highest BCUT2D eigenvalue weighted by Crippen LogP contribution is 2.33. The Morgan fingerprint density at radius 1 is 0.709 bits per heavy atom. The van der Waals surface area contributed by atoms with Gasteiger partial charge in [0, 0.05) is 36.1 Å². The van der Waals surface area contributed by atoms with Crippen LogP contribution in [-0.2, 0) is 19.2 Å². The molecule has 290 valence electrons. The SMILES string of the molecule is CCC(C)C(=O)NC(C(=O)N1CCCC1c1ncc(C#Cc2ccc(C#Cc3cnc(C4CCCN4C(=O)C(NC(=O)C4CC4)C(C)C)[nH]3)cc2)[nH]1)C(C)C. The minimum Gasteiger partial charge on any atom is -0.344 e. The van der Waals surface area contributed by atoms with Crippen molar-refractivity contribution in [1.29, 1.82) is 0 Å². The number of amides is 4. The number of benzene rings is 1. The second-order valence-electron chi connectivity index (χ2n) is 15.9. The molecule has 4 N–H and O–H groups in total. The minimum absolute atomic E-state index is 0.0167. The number of rotatable bonds is 11. The summed E-state index contributed by atoms with van der Waals surface area (Å²) in [6.45, 7) is 12.9. The molecule has 3 aromatic rings. The predicted octanol–water partition coefficient (Wildman–Crippen LogP) is 5.00. The zero-order valence-electron chi connectivity index (χ0n) is 32.9. The first-order valence-electron chi connectivity index (χ1n) is 19.9. The molecule has 4 amide bonds. The monoisotopic (exact) mass is 746 g/mol. The summed E-state index contributed by atoms with van der Waals surface area (Å²) in [5.74, 6) is 13.7. The first-order chi connectivity index (χ1) is 26.4. The van der Waals surface area contributed by atoms with Gasteiger partial charge in [-0.25, -0.2) is 9.97 Å². The molecule has 6 rings (SSSR count). The van der Waals surface area contributed by atoms with Crippen LogP contribution < -0.4 is 10.6 Å². The Kier molecular flexibility index (Phi) is 12.4. The number of hydrogen-bond acceptors (Lipinski definition) is 6. The Morgan fingerprint density at radius 2 is 1.16 bits per heavy atom. The summed E-state index contributed by atoms with van der Waals surface area (Å²) >= 11 is 0. The Hall–Kier alpha value is -5.36. The molecule has 2 aliphatic heterocycles. The molecular formula is C43H54N8O4. The lowest BCUT2D eigenvalue weighted by Gasteiger charge is -2.31. The molecule has 0 bridgehead atoms. The maximum Gasteiger partial charge on any atom is 0.246 e. The van der Waals surface area contributed by atoms with E-state index in [0.29, 0.717) is 42.5 Å². The normalized spacial score (nSPS) is 19.6. The van der Waals surface area contributed by atoms with E-state index >= 15 is 0 Å². The highest BCUT2D eigenvalue weighted by Gasteiger charge is 2.40. The lowest BCUT2D eigenvalue weighted by Crippen LogP contribution is -2.52.